The lowest BCUT2D eigenvalue weighted by Gasteiger charge is -2.56. The Morgan fingerprint density at radius 1 is 1.03 bits per heavy atom. The molecule has 8 heteroatoms. The summed E-state index contributed by atoms with van der Waals surface area (Å²) in [5, 5.41) is 0.780. The highest BCUT2D eigenvalue weighted by atomic mass is 35.5. The van der Waals surface area contributed by atoms with E-state index in [-0.39, 0.29) is 17.8 Å². The minimum atomic E-state index is -0.182. The maximum absolute atomic E-state index is 14.3. The van der Waals surface area contributed by atoms with Crippen molar-refractivity contribution < 1.29 is 14.3 Å². The van der Waals surface area contributed by atoms with Gasteiger partial charge in [-0.25, -0.2) is 4.98 Å². The summed E-state index contributed by atoms with van der Waals surface area (Å²) in [4.78, 5) is 23.4. The normalized spacial score (nSPS) is 27.6. The van der Waals surface area contributed by atoms with Crippen molar-refractivity contribution in [1.29, 1.82) is 0 Å². The second kappa shape index (κ2) is 9.59. The molecule has 182 valence electrons. The summed E-state index contributed by atoms with van der Waals surface area (Å²) in [6.45, 7) is 1.64. The molecule has 0 N–H and O–H groups in total. The fourth-order valence-electron chi connectivity index (χ4n) is 6.88. The van der Waals surface area contributed by atoms with Gasteiger partial charge in [0.2, 0.25) is 5.91 Å². The number of halogens is 1. The Morgan fingerprint density at radius 3 is 2.15 bits per heavy atom. The van der Waals surface area contributed by atoms with Gasteiger partial charge in [0.05, 0.1) is 19.6 Å². The van der Waals surface area contributed by atoms with Gasteiger partial charge < -0.3 is 14.4 Å². The second-order valence-corrected chi connectivity index (χ2v) is 11.4. The molecule has 4 aliphatic rings. The van der Waals surface area contributed by atoms with E-state index in [4.69, 9.17) is 14.5 Å². The Balaban J connectivity index is 0.00000259. The highest BCUT2D eigenvalue weighted by Gasteiger charge is 2.56. The number of hydrogen-bond donors (Lipinski definition) is 0. The lowest BCUT2D eigenvalue weighted by Crippen LogP contribution is -2.55. The van der Waals surface area contributed by atoms with Gasteiger partial charge in [-0.3, -0.25) is 9.69 Å². The third kappa shape index (κ3) is 4.44. The minimum Gasteiger partial charge on any atom is -0.495 e. The standard InChI is InChI=1S/C25H35N3O3S.ClH/c1-27(2)8-5-9-28(23(29)25-13-16-10-17(14-25)12-18(11-16)15-25)24-26-21-19(30-3)6-7-20(31-4)22(21)32-24;/h6-7,16-18H,5,8-15H2,1-4H3;1H. The van der Waals surface area contributed by atoms with Crippen LogP contribution >= 0.6 is 23.7 Å². The summed E-state index contributed by atoms with van der Waals surface area (Å²) in [5.74, 6) is 4.03. The molecular weight excluding hydrogens is 458 g/mol. The Morgan fingerprint density at radius 2 is 1.61 bits per heavy atom. The molecule has 4 bridgehead atoms. The number of amides is 1. The second-order valence-electron chi connectivity index (χ2n) is 10.5. The molecule has 33 heavy (non-hydrogen) atoms. The number of nitrogens with zero attached hydrogens (tertiary/aromatic N) is 3. The zero-order valence-electron chi connectivity index (χ0n) is 20.1. The van der Waals surface area contributed by atoms with E-state index in [1.807, 2.05) is 17.0 Å². The summed E-state index contributed by atoms with van der Waals surface area (Å²) < 4.78 is 12.1. The summed E-state index contributed by atoms with van der Waals surface area (Å²) in [6.07, 6.45) is 8.14. The average molecular weight is 494 g/mol. The van der Waals surface area contributed by atoms with Crippen LogP contribution in [0.2, 0.25) is 0 Å². The van der Waals surface area contributed by atoms with Crippen molar-refractivity contribution in [3.05, 3.63) is 12.1 Å². The fraction of sp³-hybridized carbons (Fsp3) is 0.680. The molecule has 0 atom stereocenters. The van der Waals surface area contributed by atoms with Crippen LogP contribution in [0.25, 0.3) is 10.2 Å². The van der Waals surface area contributed by atoms with Crippen LogP contribution in [0.1, 0.15) is 44.9 Å². The first-order valence-electron chi connectivity index (χ1n) is 11.9. The molecule has 1 aromatic heterocycles. The van der Waals surface area contributed by atoms with Gasteiger partial charge >= 0.3 is 0 Å². The monoisotopic (exact) mass is 493 g/mol. The minimum absolute atomic E-state index is 0. The number of methoxy groups -OCH3 is 2. The largest absolute Gasteiger partial charge is 0.495 e. The van der Waals surface area contributed by atoms with Gasteiger partial charge in [0.15, 0.2) is 5.13 Å². The van der Waals surface area contributed by atoms with E-state index in [2.05, 4.69) is 19.0 Å². The number of anilines is 1. The smallest absolute Gasteiger partial charge is 0.235 e. The van der Waals surface area contributed by atoms with E-state index in [0.717, 1.165) is 76.8 Å². The molecule has 6 nitrogen and oxygen atoms in total. The SMILES string of the molecule is COc1ccc(OC)c2sc(N(CCCN(C)C)C(=O)C34CC5CC(CC(C5)C3)C4)nc12.Cl. The van der Waals surface area contributed by atoms with Gasteiger partial charge in [0.1, 0.15) is 21.7 Å². The Hall–Kier alpha value is -1.57. The first-order valence-corrected chi connectivity index (χ1v) is 12.7. The van der Waals surface area contributed by atoms with Crippen molar-refractivity contribution in [2.45, 2.75) is 44.9 Å². The van der Waals surface area contributed by atoms with E-state index in [1.54, 1.807) is 25.6 Å². The molecule has 4 fully saturated rings. The van der Waals surface area contributed by atoms with Crippen LogP contribution in [-0.2, 0) is 4.79 Å². The molecule has 0 aliphatic heterocycles. The van der Waals surface area contributed by atoms with Gasteiger partial charge in [0.25, 0.3) is 0 Å². The number of rotatable bonds is 8. The number of carbonyl (C=O) groups excluding carboxylic acids is 1. The number of benzene rings is 1. The predicted octanol–water partition coefficient (Wildman–Crippen LogP) is 5.24. The van der Waals surface area contributed by atoms with Gasteiger partial charge in [-0.2, -0.15) is 0 Å². The summed E-state index contributed by atoms with van der Waals surface area (Å²) in [6, 6.07) is 3.81. The van der Waals surface area contributed by atoms with Crippen molar-refractivity contribution in [3.63, 3.8) is 0 Å². The molecule has 0 saturated heterocycles. The Labute approximate surface area is 207 Å². The van der Waals surface area contributed by atoms with Crippen molar-refractivity contribution >= 4 is 45.0 Å². The van der Waals surface area contributed by atoms with Crippen molar-refractivity contribution in [1.82, 2.24) is 9.88 Å². The number of hydrogen-bond acceptors (Lipinski definition) is 6. The number of carbonyl (C=O) groups is 1. The molecule has 4 aliphatic carbocycles. The van der Waals surface area contributed by atoms with Crippen LogP contribution in [0.15, 0.2) is 12.1 Å². The number of aromatic nitrogens is 1. The van der Waals surface area contributed by atoms with Crippen LogP contribution < -0.4 is 14.4 Å². The van der Waals surface area contributed by atoms with Gasteiger partial charge in [0, 0.05) is 6.54 Å². The Bertz CT molecular complexity index is 932. The third-order valence-corrected chi connectivity index (χ3v) is 8.95. The first kappa shape index (κ1) is 24.6. The van der Waals surface area contributed by atoms with Crippen molar-refractivity contribution in [3.8, 4) is 11.5 Å². The fourth-order valence-corrected chi connectivity index (χ4v) is 7.98. The molecule has 4 saturated carbocycles. The summed E-state index contributed by atoms with van der Waals surface area (Å²) in [5.41, 5.74) is 0.599. The molecule has 1 heterocycles. The van der Waals surface area contributed by atoms with Gasteiger partial charge in [-0.15, -0.1) is 12.4 Å². The molecule has 6 rings (SSSR count). The quantitative estimate of drug-likeness (QED) is 0.503. The van der Waals surface area contributed by atoms with E-state index >= 15 is 0 Å². The number of fused-ring (bicyclic) bond motifs is 1. The van der Waals surface area contributed by atoms with Gasteiger partial charge in [-0.05, 0) is 95.5 Å². The highest BCUT2D eigenvalue weighted by Crippen LogP contribution is 2.61. The lowest BCUT2D eigenvalue weighted by atomic mass is 9.49. The predicted molar refractivity (Wildman–Crippen MR) is 136 cm³/mol. The van der Waals surface area contributed by atoms with Crippen LogP contribution in [0, 0.1) is 23.2 Å². The topological polar surface area (TPSA) is 54.9 Å². The van der Waals surface area contributed by atoms with Crippen molar-refractivity contribution in [2.24, 2.45) is 23.2 Å². The van der Waals surface area contributed by atoms with E-state index in [0.29, 0.717) is 12.5 Å². The van der Waals surface area contributed by atoms with Crippen LogP contribution in [0.5, 0.6) is 11.5 Å². The van der Waals surface area contributed by atoms with Crippen LogP contribution in [0.3, 0.4) is 0 Å². The maximum Gasteiger partial charge on any atom is 0.235 e. The highest BCUT2D eigenvalue weighted by molar-refractivity contribution is 7.22. The number of ether oxygens (including phenoxy) is 2. The van der Waals surface area contributed by atoms with Gasteiger partial charge in [-0.1, -0.05) is 11.3 Å². The molecule has 2 aromatic rings. The lowest BCUT2D eigenvalue weighted by molar-refractivity contribution is -0.143. The van der Waals surface area contributed by atoms with E-state index < -0.39 is 0 Å². The van der Waals surface area contributed by atoms with Crippen molar-refractivity contribution in [2.75, 3.05) is 46.3 Å². The van der Waals surface area contributed by atoms with E-state index in [1.165, 1.54) is 19.3 Å². The molecular formula is C25H36ClN3O3S. The molecule has 1 aromatic carbocycles. The molecule has 0 unspecified atom stereocenters. The Kier molecular flexibility index (Phi) is 7.13. The third-order valence-electron chi connectivity index (χ3n) is 7.85. The van der Waals surface area contributed by atoms with Crippen LogP contribution in [-0.4, -0.2) is 57.2 Å². The van der Waals surface area contributed by atoms with Crippen LogP contribution in [0.4, 0.5) is 5.13 Å². The zero-order valence-corrected chi connectivity index (χ0v) is 21.8. The maximum atomic E-state index is 14.3. The average Bonchev–Trinajstić information content (AvgIpc) is 3.19. The summed E-state index contributed by atoms with van der Waals surface area (Å²) >= 11 is 1.55. The number of thiazole rings is 1. The zero-order chi connectivity index (χ0) is 22.5. The molecule has 1 amide bonds. The summed E-state index contributed by atoms with van der Waals surface area (Å²) in [7, 11) is 7.50. The molecule has 0 spiro atoms. The molecule has 0 radical (unpaired) electrons. The first-order chi connectivity index (χ1) is 15.4. The van der Waals surface area contributed by atoms with E-state index in [9.17, 15) is 4.79 Å².